The number of hydrogen-bond acceptors (Lipinski definition) is 2. The number of rotatable bonds is 12. The van der Waals surface area contributed by atoms with Crippen molar-refractivity contribution >= 4 is 0 Å². The molecule has 0 saturated carbocycles. The first-order chi connectivity index (χ1) is 9.86. The lowest BCUT2D eigenvalue weighted by Crippen LogP contribution is -2.46. The number of likely N-dealkylation sites (N-methyl/N-ethyl adjacent to an activating group) is 1. The lowest BCUT2D eigenvalue weighted by Gasteiger charge is -2.33. The third-order valence-corrected chi connectivity index (χ3v) is 4.74. The van der Waals surface area contributed by atoms with Crippen molar-refractivity contribution in [3.05, 3.63) is 0 Å². The van der Waals surface area contributed by atoms with Gasteiger partial charge in [0, 0.05) is 26.2 Å². The molecule has 2 heteroatoms. The summed E-state index contributed by atoms with van der Waals surface area (Å²) in [6, 6.07) is 0. The minimum atomic E-state index is 1.23. The van der Waals surface area contributed by atoms with Crippen LogP contribution in [0.5, 0.6) is 0 Å². The number of piperazine rings is 1. The van der Waals surface area contributed by atoms with Gasteiger partial charge in [0.05, 0.1) is 0 Å². The first-order valence-electron chi connectivity index (χ1n) is 9.31. The van der Waals surface area contributed by atoms with E-state index < -0.39 is 0 Å². The van der Waals surface area contributed by atoms with E-state index in [1.54, 1.807) is 0 Å². The third kappa shape index (κ3) is 8.97. The molecule has 0 N–H and O–H groups in total. The van der Waals surface area contributed by atoms with Crippen LogP contribution in [0.2, 0.25) is 0 Å². The van der Waals surface area contributed by atoms with Gasteiger partial charge in [-0.25, -0.2) is 0 Å². The fraction of sp³-hybridized carbons (Fsp3) is 1.00. The second-order valence-corrected chi connectivity index (χ2v) is 6.46. The smallest absolute Gasteiger partial charge is 0.0110 e. The zero-order chi connectivity index (χ0) is 14.5. The Morgan fingerprint density at radius 2 is 1.00 bits per heavy atom. The van der Waals surface area contributed by atoms with Gasteiger partial charge in [0.15, 0.2) is 0 Å². The molecule has 1 rings (SSSR count). The molecule has 120 valence electrons. The van der Waals surface area contributed by atoms with Crippen molar-refractivity contribution in [1.82, 2.24) is 9.80 Å². The molecular weight excluding hydrogens is 244 g/mol. The summed E-state index contributed by atoms with van der Waals surface area (Å²) in [6.07, 6.45) is 14.5. The van der Waals surface area contributed by atoms with Crippen molar-refractivity contribution in [1.29, 1.82) is 0 Å². The summed E-state index contributed by atoms with van der Waals surface area (Å²) in [4.78, 5) is 5.23. The second-order valence-electron chi connectivity index (χ2n) is 6.46. The number of unbranched alkanes of at least 4 members (excludes halogenated alkanes) is 9. The minimum absolute atomic E-state index is 1.23. The average Bonchev–Trinajstić information content (AvgIpc) is 2.50. The highest BCUT2D eigenvalue weighted by atomic mass is 15.3. The molecule has 20 heavy (non-hydrogen) atoms. The van der Waals surface area contributed by atoms with Gasteiger partial charge in [0.25, 0.3) is 0 Å². The van der Waals surface area contributed by atoms with Crippen molar-refractivity contribution < 1.29 is 0 Å². The zero-order valence-electron chi connectivity index (χ0n) is 14.2. The highest BCUT2D eigenvalue weighted by molar-refractivity contribution is 4.70. The molecule has 0 radical (unpaired) electrons. The molecule has 0 spiro atoms. The highest BCUT2D eigenvalue weighted by Gasteiger charge is 2.14. The molecule has 1 aliphatic heterocycles. The normalized spacial score (nSPS) is 17.7. The standard InChI is InChI=1S/C18H38N2/c1-3-5-6-7-8-9-10-11-12-13-14-20-17-15-19(4-2)16-18-20/h3-18H2,1-2H3. The number of hydrogen-bond donors (Lipinski definition) is 0. The van der Waals surface area contributed by atoms with Gasteiger partial charge in [-0.1, -0.05) is 71.6 Å². The average molecular weight is 283 g/mol. The van der Waals surface area contributed by atoms with Crippen LogP contribution in [-0.2, 0) is 0 Å². The first kappa shape index (κ1) is 18.0. The molecule has 0 amide bonds. The molecule has 1 saturated heterocycles. The van der Waals surface area contributed by atoms with Gasteiger partial charge in [-0.3, -0.25) is 0 Å². The molecular formula is C18H38N2. The van der Waals surface area contributed by atoms with Gasteiger partial charge < -0.3 is 9.80 Å². The van der Waals surface area contributed by atoms with Crippen LogP contribution in [0.4, 0.5) is 0 Å². The fourth-order valence-corrected chi connectivity index (χ4v) is 3.15. The van der Waals surface area contributed by atoms with Crippen LogP contribution in [0, 0.1) is 0 Å². The Balaban J connectivity index is 1.79. The molecule has 0 unspecified atom stereocenters. The van der Waals surface area contributed by atoms with Crippen molar-refractivity contribution in [2.45, 2.75) is 78.1 Å². The maximum atomic E-state index is 2.66. The predicted octanol–water partition coefficient (Wildman–Crippen LogP) is 4.54. The fourth-order valence-electron chi connectivity index (χ4n) is 3.15. The van der Waals surface area contributed by atoms with E-state index in [1.165, 1.54) is 103 Å². The first-order valence-corrected chi connectivity index (χ1v) is 9.31. The molecule has 0 aromatic rings. The molecule has 0 aliphatic carbocycles. The van der Waals surface area contributed by atoms with Gasteiger partial charge in [0.1, 0.15) is 0 Å². The lowest BCUT2D eigenvalue weighted by molar-refractivity contribution is 0.135. The van der Waals surface area contributed by atoms with Crippen LogP contribution in [0.1, 0.15) is 78.1 Å². The molecule has 1 aliphatic rings. The predicted molar refractivity (Wildman–Crippen MR) is 90.4 cm³/mol. The van der Waals surface area contributed by atoms with E-state index in [1.807, 2.05) is 0 Å². The summed E-state index contributed by atoms with van der Waals surface area (Å²) in [5.41, 5.74) is 0. The Morgan fingerprint density at radius 1 is 0.550 bits per heavy atom. The maximum Gasteiger partial charge on any atom is 0.0110 e. The van der Waals surface area contributed by atoms with E-state index in [4.69, 9.17) is 0 Å². The van der Waals surface area contributed by atoms with Crippen LogP contribution >= 0.6 is 0 Å². The number of nitrogens with zero attached hydrogens (tertiary/aromatic N) is 2. The Labute approximate surface area is 127 Å². The zero-order valence-corrected chi connectivity index (χ0v) is 14.2. The van der Waals surface area contributed by atoms with Crippen LogP contribution < -0.4 is 0 Å². The minimum Gasteiger partial charge on any atom is -0.301 e. The Bertz CT molecular complexity index is 198. The Morgan fingerprint density at radius 3 is 1.50 bits per heavy atom. The second kappa shape index (κ2) is 12.6. The van der Waals surface area contributed by atoms with E-state index in [2.05, 4.69) is 23.6 Å². The summed E-state index contributed by atoms with van der Waals surface area (Å²) >= 11 is 0. The topological polar surface area (TPSA) is 6.48 Å². The van der Waals surface area contributed by atoms with Gasteiger partial charge in [-0.05, 0) is 19.5 Å². The molecule has 0 bridgehead atoms. The van der Waals surface area contributed by atoms with Crippen LogP contribution in [-0.4, -0.2) is 49.1 Å². The largest absolute Gasteiger partial charge is 0.301 e. The van der Waals surface area contributed by atoms with E-state index in [0.717, 1.165) is 0 Å². The summed E-state index contributed by atoms with van der Waals surface area (Å²) in [5, 5.41) is 0. The van der Waals surface area contributed by atoms with Crippen molar-refractivity contribution in [2.75, 3.05) is 39.3 Å². The van der Waals surface area contributed by atoms with E-state index in [0.29, 0.717) is 0 Å². The molecule has 2 nitrogen and oxygen atoms in total. The van der Waals surface area contributed by atoms with Gasteiger partial charge in [-0.15, -0.1) is 0 Å². The third-order valence-electron chi connectivity index (χ3n) is 4.74. The monoisotopic (exact) mass is 282 g/mol. The van der Waals surface area contributed by atoms with Crippen LogP contribution in [0.3, 0.4) is 0 Å². The molecule has 0 aromatic heterocycles. The van der Waals surface area contributed by atoms with Crippen molar-refractivity contribution in [2.24, 2.45) is 0 Å². The van der Waals surface area contributed by atoms with Crippen LogP contribution in [0.25, 0.3) is 0 Å². The molecule has 0 aromatic carbocycles. The van der Waals surface area contributed by atoms with Crippen molar-refractivity contribution in [3.63, 3.8) is 0 Å². The SMILES string of the molecule is CCCCCCCCCCCCN1CCN(CC)CC1. The summed E-state index contributed by atoms with van der Waals surface area (Å²) in [6.45, 7) is 12.3. The van der Waals surface area contributed by atoms with Gasteiger partial charge >= 0.3 is 0 Å². The summed E-state index contributed by atoms with van der Waals surface area (Å²) in [5.74, 6) is 0. The van der Waals surface area contributed by atoms with Gasteiger partial charge in [0.2, 0.25) is 0 Å². The van der Waals surface area contributed by atoms with Crippen molar-refractivity contribution in [3.8, 4) is 0 Å². The maximum absolute atomic E-state index is 2.66. The van der Waals surface area contributed by atoms with Crippen LogP contribution in [0.15, 0.2) is 0 Å². The summed E-state index contributed by atoms with van der Waals surface area (Å²) in [7, 11) is 0. The van der Waals surface area contributed by atoms with Gasteiger partial charge in [-0.2, -0.15) is 0 Å². The lowest BCUT2D eigenvalue weighted by atomic mass is 10.1. The van der Waals surface area contributed by atoms with E-state index >= 15 is 0 Å². The highest BCUT2D eigenvalue weighted by Crippen LogP contribution is 2.11. The molecule has 1 fully saturated rings. The Hall–Kier alpha value is -0.0800. The van der Waals surface area contributed by atoms with E-state index in [9.17, 15) is 0 Å². The quantitative estimate of drug-likeness (QED) is 0.485. The molecule has 0 atom stereocenters. The molecule has 1 heterocycles. The van der Waals surface area contributed by atoms with E-state index in [-0.39, 0.29) is 0 Å². The Kier molecular flexibility index (Phi) is 11.4. The summed E-state index contributed by atoms with van der Waals surface area (Å²) < 4.78 is 0.